The van der Waals surface area contributed by atoms with E-state index in [4.69, 9.17) is 0 Å². The van der Waals surface area contributed by atoms with E-state index in [1.807, 2.05) is 36.9 Å². The van der Waals surface area contributed by atoms with Crippen LogP contribution in [-0.4, -0.2) is 42.8 Å². The predicted molar refractivity (Wildman–Crippen MR) is 80.3 cm³/mol. The SMILES string of the molecule is CCN(CC)C(=O)CN1CCc2cc(C(C)=O)ccc21. The number of benzene rings is 1. The van der Waals surface area contributed by atoms with Crippen molar-refractivity contribution in [2.75, 3.05) is 31.1 Å². The molecular formula is C16H22N2O2. The van der Waals surface area contributed by atoms with Gasteiger partial charge in [0.25, 0.3) is 0 Å². The molecule has 1 aromatic rings. The molecule has 4 heteroatoms. The summed E-state index contributed by atoms with van der Waals surface area (Å²) in [6.45, 7) is 8.35. The number of amides is 1. The van der Waals surface area contributed by atoms with Crippen molar-refractivity contribution >= 4 is 17.4 Å². The van der Waals surface area contributed by atoms with E-state index < -0.39 is 0 Å². The highest BCUT2D eigenvalue weighted by atomic mass is 16.2. The summed E-state index contributed by atoms with van der Waals surface area (Å²) in [5.41, 5.74) is 3.02. The molecule has 1 heterocycles. The third kappa shape index (κ3) is 2.84. The number of Topliss-reactive ketones (excluding diaryl/α,β-unsaturated/α-hetero) is 1. The Bertz CT molecular complexity index is 521. The topological polar surface area (TPSA) is 40.6 Å². The number of nitrogens with zero attached hydrogens (tertiary/aromatic N) is 2. The van der Waals surface area contributed by atoms with Gasteiger partial charge < -0.3 is 9.80 Å². The molecule has 0 spiro atoms. The minimum atomic E-state index is 0.0884. The standard InChI is InChI=1S/C16H22N2O2/c1-4-17(5-2)16(20)11-18-9-8-14-10-13(12(3)19)6-7-15(14)18/h6-7,10H,4-5,8-9,11H2,1-3H3. The number of carbonyl (C=O) groups is 2. The maximum atomic E-state index is 12.2. The molecule has 4 nitrogen and oxygen atoms in total. The van der Waals surface area contributed by atoms with Crippen molar-refractivity contribution in [3.05, 3.63) is 29.3 Å². The molecule has 2 rings (SSSR count). The van der Waals surface area contributed by atoms with Crippen molar-refractivity contribution < 1.29 is 9.59 Å². The molecule has 0 saturated heterocycles. The molecule has 1 aliphatic rings. The van der Waals surface area contributed by atoms with Crippen LogP contribution in [0.2, 0.25) is 0 Å². The number of carbonyl (C=O) groups excluding carboxylic acids is 2. The Morgan fingerprint density at radius 1 is 1.25 bits per heavy atom. The van der Waals surface area contributed by atoms with Crippen LogP contribution in [0.1, 0.15) is 36.7 Å². The molecule has 0 saturated carbocycles. The lowest BCUT2D eigenvalue weighted by molar-refractivity contribution is -0.129. The smallest absolute Gasteiger partial charge is 0.242 e. The summed E-state index contributed by atoms with van der Waals surface area (Å²) in [6.07, 6.45) is 0.905. The summed E-state index contributed by atoms with van der Waals surface area (Å²) in [5.74, 6) is 0.254. The van der Waals surface area contributed by atoms with E-state index >= 15 is 0 Å². The average molecular weight is 274 g/mol. The average Bonchev–Trinajstić information content (AvgIpc) is 2.82. The molecule has 0 atom stereocenters. The molecule has 1 aliphatic heterocycles. The second-order valence-electron chi connectivity index (χ2n) is 5.14. The van der Waals surface area contributed by atoms with Gasteiger partial charge in [0, 0.05) is 30.9 Å². The van der Waals surface area contributed by atoms with Gasteiger partial charge in [-0.3, -0.25) is 9.59 Å². The van der Waals surface area contributed by atoms with Gasteiger partial charge in [0.05, 0.1) is 6.54 Å². The fourth-order valence-electron chi connectivity index (χ4n) is 2.69. The molecule has 108 valence electrons. The maximum Gasteiger partial charge on any atom is 0.242 e. The summed E-state index contributed by atoms with van der Waals surface area (Å²) < 4.78 is 0. The highest BCUT2D eigenvalue weighted by Gasteiger charge is 2.23. The van der Waals surface area contributed by atoms with Crippen molar-refractivity contribution in [3.63, 3.8) is 0 Å². The third-order valence-electron chi connectivity index (χ3n) is 3.92. The highest BCUT2D eigenvalue weighted by Crippen LogP contribution is 2.28. The van der Waals surface area contributed by atoms with E-state index in [1.165, 1.54) is 5.56 Å². The molecule has 0 fully saturated rings. The zero-order chi connectivity index (χ0) is 14.7. The van der Waals surface area contributed by atoms with Gasteiger partial charge in [-0.25, -0.2) is 0 Å². The molecule has 0 N–H and O–H groups in total. The fraction of sp³-hybridized carbons (Fsp3) is 0.500. The van der Waals surface area contributed by atoms with Crippen LogP contribution in [0.25, 0.3) is 0 Å². The molecule has 1 amide bonds. The first-order valence-corrected chi connectivity index (χ1v) is 7.23. The van der Waals surface area contributed by atoms with E-state index in [0.29, 0.717) is 6.54 Å². The molecule has 0 bridgehead atoms. The van der Waals surface area contributed by atoms with Crippen LogP contribution < -0.4 is 4.90 Å². The predicted octanol–water partition coefficient (Wildman–Crippen LogP) is 2.12. The minimum Gasteiger partial charge on any atom is -0.362 e. The number of rotatable bonds is 5. The molecule has 20 heavy (non-hydrogen) atoms. The summed E-state index contributed by atoms with van der Waals surface area (Å²) in [4.78, 5) is 27.5. The Morgan fingerprint density at radius 2 is 1.95 bits per heavy atom. The summed E-state index contributed by atoms with van der Waals surface area (Å²) >= 11 is 0. The van der Waals surface area contributed by atoms with Crippen LogP contribution in [0.15, 0.2) is 18.2 Å². The minimum absolute atomic E-state index is 0.0884. The van der Waals surface area contributed by atoms with Crippen molar-refractivity contribution in [3.8, 4) is 0 Å². The van der Waals surface area contributed by atoms with E-state index in [-0.39, 0.29) is 11.7 Å². The number of hydrogen-bond donors (Lipinski definition) is 0. The molecule has 0 aliphatic carbocycles. The Balaban J connectivity index is 2.12. The first-order valence-electron chi connectivity index (χ1n) is 7.23. The lowest BCUT2D eigenvalue weighted by atomic mass is 10.1. The van der Waals surface area contributed by atoms with Gasteiger partial charge in [0.15, 0.2) is 5.78 Å². The molecular weight excluding hydrogens is 252 g/mol. The largest absolute Gasteiger partial charge is 0.362 e. The molecule has 1 aromatic carbocycles. The molecule has 0 radical (unpaired) electrons. The zero-order valence-corrected chi connectivity index (χ0v) is 12.5. The van der Waals surface area contributed by atoms with Crippen LogP contribution in [0.5, 0.6) is 0 Å². The Morgan fingerprint density at radius 3 is 2.55 bits per heavy atom. The number of likely N-dealkylation sites (N-methyl/N-ethyl adjacent to an activating group) is 1. The van der Waals surface area contributed by atoms with Crippen molar-refractivity contribution in [1.82, 2.24) is 4.90 Å². The number of anilines is 1. The van der Waals surface area contributed by atoms with E-state index in [2.05, 4.69) is 4.90 Å². The third-order valence-corrected chi connectivity index (χ3v) is 3.92. The monoisotopic (exact) mass is 274 g/mol. The lowest BCUT2D eigenvalue weighted by Crippen LogP contribution is -2.39. The van der Waals surface area contributed by atoms with Crippen molar-refractivity contribution in [1.29, 1.82) is 0 Å². The maximum absolute atomic E-state index is 12.2. The normalized spacial score (nSPS) is 13.2. The zero-order valence-electron chi connectivity index (χ0n) is 12.5. The quantitative estimate of drug-likeness (QED) is 0.772. The Kier molecular flexibility index (Phi) is 4.42. The van der Waals surface area contributed by atoms with E-state index in [9.17, 15) is 9.59 Å². The summed E-state index contributed by atoms with van der Waals surface area (Å²) in [5, 5.41) is 0. The van der Waals surface area contributed by atoms with Gasteiger partial charge in [-0.05, 0) is 51.0 Å². The molecule has 0 aromatic heterocycles. The second kappa shape index (κ2) is 6.07. The van der Waals surface area contributed by atoms with Crippen LogP contribution in [0.3, 0.4) is 0 Å². The fourth-order valence-corrected chi connectivity index (χ4v) is 2.69. The van der Waals surface area contributed by atoms with Crippen LogP contribution in [0, 0.1) is 0 Å². The summed E-state index contributed by atoms with van der Waals surface area (Å²) in [6, 6.07) is 5.77. The van der Waals surface area contributed by atoms with Crippen LogP contribution in [0.4, 0.5) is 5.69 Å². The van der Waals surface area contributed by atoms with Crippen LogP contribution >= 0.6 is 0 Å². The number of ketones is 1. The first kappa shape index (κ1) is 14.6. The lowest BCUT2D eigenvalue weighted by Gasteiger charge is -2.24. The first-order chi connectivity index (χ1) is 9.56. The van der Waals surface area contributed by atoms with E-state index in [0.717, 1.165) is 37.3 Å². The van der Waals surface area contributed by atoms with Gasteiger partial charge in [0.1, 0.15) is 0 Å². The number of fused-ring (bicyclic) bond motifs is 1. The van der Waals surface area contributed by atoms with E-state index in [1.54, 1.807) is 6.92 Å². The van der Waals surface area contributed by atoms with Crippen molar-refractivity contribution in [2.24, 2.45) is 0 Å². The van der Waals surface area contributed by atoms with Gasteiger partial charge in [-0.1, -0.05) is 0 Å². The number of hydrogen-bond acceptors (Lipinski definition) is 3. The Hall–Kier alpha value is -1.84. The van der Waals surface area contributed by atoms with Crippen LogP contribution in [-0.2, 0) is 11.2 Å². The van der Waals surface area contributed by atoms with Crippen molar-refractivity contribution in [2.45, 2.75) is 27.2 Å². The van der Waals surface area contributed by atoms with Gasteiger partial charge in [-0.15, -0.1) is 0 Å². The summed E-state index contributed by atoms with van der Waals surface area (Å²) in [7, 11) is 0. The molecule has 0 unspecified atom stereocenters. The van der Waals surface area contributed by atoms with Gasteiger partial charge in [0.2, 0.25) is 5.91 Å². The Labute approximate surface area is 120 Å². The van der Waals surface area contributed by atoms with Gasteiger partial charge >= 0.3 is 0 Å². The van der Waals surface area contributed by atoms with Gasteiger partial charge in [-0.2, -0.15) is 0 Å². The second-order valence-corrected chi connectivity index (χ2v) is 5.14. The highest BCUT2D eigenvalue weighted by molar-refractivity contribution is 5.95.